The highest BCUT2D eigenvalue weighted by Crippen LogP contribution is 2.33. The molecule has 6 aromatic rings. The molecule has 0 amide bonds. The van der Waals surface area contributed by atoms with Gasteiger partial charge < -0.3 is 9.88 Å². The number of aromatic amines is 2. The molecular weight excluding hydrogens is 429 g/mol. The van der Waals surface area contributed by atoms with Gasteiger partial charge in [-0.25, -0.2) is 14.4 Å². The Labute approximate surface area is 194 Å². The van der Waals surface area contributed by atoms with Crippen molar-refractivity contribution in [2.45, 2.75) is 0 Å². The van der Waals surface area contributed by atoms with E-state index in [1.165, 1.54) is 12.1 Å². The first-order valence-electron chi connectivity index (χ1n) is 10.8. The number of anilines is 1. The van der Waals surface area contributed by atoms with Crippen LogP contribution in [0.1, 0.15) is 0 Å². The molecule has 5 heterocycles. The van der Waals surface area contributed by atoms with Crippen molar-refractivity contribution in [3.8, 4) is 33.8 Å². The lowest BCUT2D eigenvalue weighted by Crippen LogP contribution is -2.08. The summed E-state index contributed by atoms with van der Waals surface area (Å²) < 4.78 is 13.4. The van der Waals surface area contributed by atoms with Crippen LogP contribution in [-0.4, -0.2) is 44.2 Å². The third-order valence-electron chi connectivity index (χ3n) is 5.89. The monoisotopic (exact) mass is 449 g/mol. The number of hydrogen-bond acceptors (Lipinski definition) is 5. The number of nitrogens with one attached hydrogen (secondary N) is 2. The third-order valence-corrected chi connectivity index (χ3v) is 5.89. The Kier molecular flexibility index (Phi) is 4.58. The maximum Gasteiger partial charge on any atom is 0.138 e. The lowest BCUT2D eigenvalue weighted by molar-refractivity contribution is 0.628. The van der Waals surface area contributed by atoms with Gasteiger partial charge in [-0.1, -0.05) is 12.1 Å². The molecule has 0 unspecified atom stereocenters. The molecule has 0 saturated carbocycles. The van der Waals surface area contributed by atoms with Crippen LogP contribution in [0.5, 0.6) is 0 Å². The number of H-pyrrole nitrogens is 2. The van der Waals surface area contributed by atoms with Gasteiger partial charge in [-0.05, 0) is 53.6 Å². The van der Waals surface area contributed by atoms with Crippen LogP contribution in [0.2, 0.25) is 0 Å². The Hall–Kier alpha value is -4.59. The van der Waals surface area contributed by atoms with Crippen molar-refractivity contribution in [1.29, 1.82) is 0 Å². The minimum Gasteiger partial charge on any atom is -0.376 e. The zero-order chi connectivity index (χ0) is 23.2. The van der Waals surface area contributed by atoms with Gasteiger partial charge in [0.05, 0.1) is 28.8 Å². The van der Waals surface area contributed by atoms with Gasteiger partial charge in [0.1, 0.15) is 22.7 Å². The number of pyridine rings is 3. The fourth-order valence-corrected chi connectivity index (χ4v) is 4.10. The van der Waals surface area contributed by atoms with Crippen molar-refractivity contribution in [3.05, 3.63) is 79.0 Å². The topological polar surface area (TPSA) is 86.4 Å². The van der Waals surface area contributed by atoms with Crippen molar-refractivity contribution < 1.29 is 4.39 Å². The molecule has 0 fully saturated rings. The van der Waals surface area contributed by atoms with E-state index in [4.69, 9.17) is 4.98 Å². The molecule has 0 atom stereocenters. The quantitative estimate of drug-likeness (QED) is 0.375. The van der Waals surface area contributed by atoms with Crippen LogP contribution in [-0.2, 0) is 0 Å². The molecule has 6 rings (SSSR count). The van der Waals surface area contributed by atoms with Gasteiger partial charge in [-0.15, -0.1) is 0 Å². The molecule has 0 aliphatic heterocycles. The molecule has 1 aromatic carbocycles. The van der Waals surface area contributed by atoms with Crippen LogP contribution in [0, 0.1) is 5.82 Å². The van der Waals surface area contributed by atoms with Gasteiger partial charge in [0.2, 0.25) is 0 Å². The normalized spacial score (nSPS) is 11.4. The van der Waals surface area contributed by atoms with Crippen LogP contribution in [0.25, 0.3) is 55.8 Å². The first-order chi connectivity index (χ1) is 16.6. The number of aromatic nitrogens is 6. The lowest BCUT2D eigenvalue weighted by atomic mass is 10.0. The highest BCUT2D eigenvalue weighted by Gasteiger charge is 2.16. The lowest BCUT2D eigenvalue weighted by Gasteiger charge is -2.12. The minimum absolute atomic E-state index is 0.264. The van der Waals surface area contributed by atoms with Crippen LogP contribution >= 0.6 is 0 Å². The summed E-state index contributed by atoms with van der Waals surface area (Å²) in [5.41, 5.74) is 8.44. The predicted molar refractivity (Wildman–Crippen MR) is 132 cm³/mol. The molecule has 0 saturated heterocycles. The summed E-state index contributed by atoms with van der Waals surface area (Å²) in [6.07, 6.45) is 5.37. The van der Waals surface area contributed by atoms with Gasteiger partial charge in [0.15, 0.2) is 0 Å². The maximum atomic E-state index is 13.4. The van der Waals surface area contributed by atoms with E-state index in [-0.39, 0.29) is 5.82 Å². The second-order valence-electron chi connectivity index (χ2n) is 8.30. The molecule has 7 nitrogen and oxygen atoms in total. The zero-order valence-electron chi connectivity index (χ0n) is 18.5. The predicted octanol–water partition coefficient (Wildman–Crippen LogP) is 5.44. The minimum atomic E-state index is -0.264. The molecule has 0 bridgehead atoms. The number of halogens is 1. The molecular formula is C26H20FN7. The van der Waals surface area contributed by atoms with E-state index in [2.05, 4.69) is 31.2 Å². The summed E-state index contributed by atoms with van der Waals surface area (Å²) in [5, 5.41) is 8.54. The van der Waals surface area contributed by atoms with E-state index >= 15 is 0 Å². The Morgan fingerprint density at radius 3 is 2.59 bits per heavy atom. The van der Waals surface area contributed by atoms with Crippen LogP contribution in [0.15, 0.2) is 73.2 Å². The number of nitrogens with zero attached hydrogens (tertiary/aromatic N) is 5. The highest BCUT2D eigenvalue weighted by atomic mass is 19.1. The molecule has 8 heteroatoms. The average Bonchev–Trinajstić information content (AvgIpc) is 3.48. The molecule has 0 radical (unpaired) electrons. The molecule has 2 N–H and O–H groups in total. The third kappa shape index (κ3) is 3.36. The fraction of sp³-hybridized carbons (Fsp3) is 0.0769. The summed E-state index contributed by atoms with van der Waals surface area (Å²) in [7, 11) is 3.96. The zero-order valence-corrected chi connectivity index (χ0v) is 18.5. The fourth-order valence-electron chi connectivity index (χ4n) is 4.10. The molecule has 166 valence electrons. The van der Waals surface area contributed by atoms with Gasteiger partial charge in [-0.2, -0.15) is 5.10 Å². The van der Waals surface area contributed by atoms with Gasteiger partial charge in [0, 0.05) is 37.4 Å². The van der Waals surface area contributed by atoms with Crippen LogP contribution in [0.3, 0.4) is 0 Å². The summed E-state index contributed by atoms with van der Waals surface area (Å²) in [6.45, 7) is 0. The Bertz CT molecular complexity index is 1650. The highest BCUT2D eigenvalue weighted by molar-refractivity contribution is 5.99. The number of hydrogen-bond donors (Lipinski definition) is 2. The summed E-state index contributed by atoms with van der Waals surface area (Å²) in [4.78, 5) is 19.1. The van der Waals surface area contributed by atoms with E-state index < -0.39 is 0 Å². The van der Waals surface area contributed by atoms with E-state index in [0.29, 0.717) is 5.69 Å². The van der Waals surface area contributed by atoms with E-state index in [9.17, 15) is 4.39 Å². The first-order valence-corrected chi connectivity index (χ1v) is 10.8. The Morgan fingerprint density at radius 2 is 1.76 bits per heavy atom. The number of benzene rings is 1. The summed E-state index contributed by atoms with van der Waals surface area (Å²) in [6, 6.07) is 16.4. The van der Waals surface area contributed by atoms with Gasteiger partial charge in [-0.3, -0.25) is 10.1 Å². The summed E-state index contributed by atoms with van der Waals surface area (Å²) >= 11 is 0. The second kappa shape index (κ2) is 7.77. The molecule has 0 aliphatic rings. The van der Waals surface area contributed by atoms with Crippen molar-refractivity contribution in [2.75, 3.05) is 19.0 Å². The van der Waals surface area contributed by atoms with Crippen molar-refractivity contribution in [3.63, 3.8) is 0 Å². The molecule has 34 heavy (non-hydrogen) atoms. The van der Waals surface area contributed by atoms with Crippen molar-refractivity contribution >= 4 is 27.8 Å². The molecule has 5 aromatic heterocycles. The largest absolute Gasteiger partial charge is 0.376 e. The standard InChI is InChI=1S/C26H20FN7/c1-34(2)18-11-16(13-28-14-18)21-7-8-22-24(30-21)25(33-32-22)23-12-20-19(9-10-29-26(20)31-23)15-3-5-17(27)6-4-15/h3-14H,1-2H3,(H,29,31)(H,32,33). The van der Waals surface area contributed by atoms with E-state index in [1.54, 1.807) is 18.3 Å². The number of fused-ring (bicyclic) bond motifs is 2. The van der Waals surface area contributed by atoms with Gasteiger partial charge in [0.25, 0.3) is 0 Å². The SMILES string of the molecule is CN(C)c1cncc(-c2ccc3[nH]nc(-c4cc5c(-c6ccc(F)cc6)ccnc5[nH]4)c3n2)c1. The maximum absolute atomic E-state index is 13.4. The van der Waals surface area contributed by atoms with Crippen molar-refractivity contribution in [2.24, 2.45) is 0 Å². The average molecular weight is 449 g/mol. The Morgan fingerprint density at radius 1 is 0.912 bits per heavy atom. The van der Waals surface area contributed by atoms with Crippen LogP contribution in [0.4, 0.5) is 10.1 Å². The second-order valence-corrected chi connectivity index (χ2v) is 8.30. The van der Waals surface area contributed by atoms with Crippen LogP contribution < -0.4 is 4.90 Å². The molecule has 0 spiro atoms. The van der Waals surface area contributed by atoms with Crippen molar-refractivity contribution in [1.82, 2.24) is 30.1 Å². The van der Waals surface area contributed by atoms with E-state index in [1.807, 2.05) is 55.7 Å². The number of rotatable bonds is 4. The smallest absolute Gasteiger partial charge is 0.138 e. The Balaban J connectivity index is 1.47. The molecule has 0 aliphatic carbocycles. The summed E-state index contributed by atoms with van der Waals surface area (Å²) in [5.74, 6) is -0.264. The van der Waals surface area contributed by atoms with Gasteiger partial charge >= 0.3 is 0 Å². The van der Waals surface area contributed by atoms with E-state index in [0.717, 1.165) is 55.8 Å². The first kappa shape index (κ1) is 20.0.